The van der Waals surface area contributed by atoms with Crippen LogP contribution in [0.4, 0.5) is 0 Å². The van der Waals surface area contributed by atoms with Gasteiger partial charge < -0.3 is 9.47 Å². The highest BCUT2D eigenvalue weighted by Crippen LogP contribution is 2.13. The molecule has 0 fully saturated rings. The van der Waals surface area contributed by atoms with E-state index in [0.29, 0.717) is 12.1 Å². The normalized spacial score (nSPS) is 10.5. The van der Waals surface area contributed by atoms with Gasteiger partial charge in [0.15, 0.2) is 0 Å². The number of benzene rings is 1. The molecule has 0 atom stereocenters. The van der Waals surface area contributed by atoms with E-state index >= 15 is 0 Å². The highest BCUT2D eigenvalue weighted by molar-refractivity contribution is 5.93. The average Bonchev–Trinajstić information content (AvgIpc) is 2.44. The standard InChI is InChI=1S/C17H20N2O2/c1-12-5-6-15(13(2)9-12)11-19(4)17(21)14-7-8-18(3)16(20)10-14/h5-10H,11H2,1-4H3. The van der Waals surface area contributed by atoms with E-state index in [1.54, 1.807) is 31.3 Å². The first-order valence-electron chi connectivity index (χ1n) is 6.87. The second-order valence-corrected chi connectivity index (χ2v) is 5.46. The quantitative estimate of drug-likeness (QED) is 0.867. The maximum Gasteiger partial charge on any atom is 0.254 e. The Morgan fingerprint density at radius 1 is 1.19 bits per heavy atom. The number of carbonyl (C=O) groups excluding carboxylic acids is 1. The SMILES string of the molecule is Cc1ccc(CN(C)C(=O)c2ccn(C)c(=O)c2)c(C)c1. The molecule has 2 rings (SSSR count). The minimum atomic E-state index is -0.180. The zero-order valence-corrected chi connectivity index (χ0v) is 12.9. The summed E-state index contributed by atoms with van der Waals surface area (Å²) in [5.41, 5.74) is 3.72. The number of nitrogens with zero attached hydrogens (tertiary/aromatic N) is 2. The molecule has 0 saturated carbocycles. The highest BCUT2D eigenvalue weighted by atomic mass is 16.2. The largest absolute Gasteiger partial charge is 0.337 e. The molecule has 2 aromatic rings. The number of amides is 1. The van der Waals surface area contributed by atoms with E-state index in [1.165, 1.54) is 21.8 Å². The molecule has 0 aliphatic heterocycles. The maximum atomic E-state index is 12.4. The molecule has 4 heteroatoms. The third kappa shape index (κ3) is 3.40. The van der Waals surface area contributed by atoms with Crippen LogP contribution in [-0.2, 0) is 13.6 Å². The van der Waals surface area contributed by atoms with Crippen LogP contribution in [0.25, 0.3) is 0 Å². The predicted octanol–water partition coefficient (Wildman–Crippen LogP) is 2.27. The van der Waals surface area contributed by atoms with Crippen molar-refractivity contribution < 1.29 is 4.79 Å². The molecule has 1 heterocycles. The summed E-state index contributed by atoms with van der Waals surface area (Å²) in [5.74, 6) is -0.146. The molecule has 0 aliphatic rings. The molecule has 0 saturated heterocycles. The summed E-state index contributed by atoms with van der Waals surface area (Å²) < 4.78 is 1.45. The van der Waals surface area contributed by atoms with Crippen molar-refractivity contribution >= 4 is 5.91 Å². The fraction of sp³-hybridized carbons (Fsp3) is 0.294. The number of rotatable bonds is 3. The minimum absolute atomic E-state index is 0.146. The summed E-state index contributed by atoms with van der Waals surface area (Å²) in [6.45, 7) is 4.62. The molecule has 1 aromatic carbocycles. The van der Waals surface area contributed by atoms with Crippen molar-refractivity contribution in [2.24, 2.45) is 7.05 Å². The molecule has 0 unspecified atom stereocenters. The molecule has 21 heavy (non-hydrogen) atoms. The molecule has 110 valence electrons. The van der Waals surface area contributed by atoms with Gasteiger partial charge in [-0.25, -0.2) is 0 Å². The predicted molar refractivity (Wildman–Crippen MR) is 83.4 cm³/mol. The third-order valence-electron chi connectivity index (χ3n) is 3.60. The van der Waals surface area contributed by atoms with Gasteiger partial charge in [0, 0.05) is 38.5 Å². The Morgan fingerprint density at radius 2 is 1.90 bits per heavy atom. The number of hydrogen-bond donors (Lipinski definition) is 0. The lowest BCUT2D eigenvalue weighted by Crippen LogP contribution is -2.28. The van der Waals surface area contributed by atoms with Gasteiger partial charge in [0.2, 0.25) is 0 Å². The zero-order chi connectivity index (χ0) is 15.6. The maximum absolute atomic E-state index is 12.4. The van der Waals surface area contributed by atoms with Gasteiger partial charge in [-0.3, -0.25) is 9.59 Å². The molecular weight excluding hydrogens is 264 g/mol. The second kappa shape index (κ2) is 5.95. The first kappa shape index (κ1) is 15.0. The van der Waals surface area contributed by atoms with Crippen LogP contribution >= 0.6 is 0 Å². The number of aromatic nitrogens is 1. The lowest BCUT2D eigenvalue weighted by Gasteiger charge is -2.19. The molecule has 0 radical (unpaired) electrons. The van der Waals surface area contributed by atoms with E-state index in [1.807, 2.05) is 26.0 Å². The third-order valence-corrected chi connectivity index (χ3v) is 3.60. The Morgan fingerprint density at radius 3 is 2.52 bits per heavy atom. The topological polar surface area (TPSA) is 42.3 Å². The summed E-state index contributed by atoms with van der Waals surface area (Å²) in [4.78, 5) is 25.6. The average molecular weight is 284 g/mol. The van der Waals surface area contributed by atoms with Gasteiger partial charge in [-0.05, 0) is 31.0 Å². The van der Waals surface area contributed by atoms with Crippen molar-refractivity contribution in [1.29, 1.82) is 0 Å². The first-order chi connectivity index (χ1) is 9.88. The number of carbonyl (C=O) groups is 1. The summed E-state index contributed by atoms with van der Waals surface area (Å²) in [5, 5.41) is 0. The smallest absolute Gasteiger partial charge is 0.254 e. The van der Waals surface area contributed by atoms with Gasteiger partial charge in [0.05, 0.1) is 0 Å². The van der Waals surface area contributed by atoms with Crippen molar-refractivity contribution in [2.45, 2.75) is 20.4 Å². The van der Waals surface area contributed by atoms with Crippen LogP contribution in [-0.4, -0.2) is 22.4 Å². The molecule has 4 nitrogen and oxygen atoms in total. The van der Waals surface area contributed by atoms with Crippen LogP contribution in [0.3, 0.4) is 0 Å². The monoisotopic (exact) mass is 284 g/mol. The Balaban J connectivity index is 2.19. The van der Waals surface area contributed by atoms with Gasteiger partial charge in [0.25, 0.3) is 11.5 Å². The van der Waals surface area contributed by atoms with Crippen molar-refractivity contribution in [3.05, 3.63) is 69.1 Å². The number of aryl methyl sites for hydroxylation is 3. The van der Waals surface area contributed by atoms with Gasteiger partial charge >= 0.3 is 0 Å². The van der Waals surface area contributed by atoms with Crippen LogP contribution in [0, 0.1) is 13.8 Å². The van der Waals surface area contributed by atoms with Gasteiger partial charge in [-0.15, -0.1) is 0 Å². The van der Waals surface area contributed by atoms with E-state index in [-0.39, 0.29) is 11.5 Å². The van der Waals surface area contributed by atoms with E-state index in [4.69, 9.17) is 0 Å². The van der Waals surface area contributed by atoms with E-state index < -0.39 is 0 Å². The molecular formula is C17H20N2O2. The fourth-order valence-electron chi connectivity index (χ4n) is 2.25. The van der Waals surface area contributed by atoms with Crippen molar-refractivity contribution in [2.75, 3.05) is 7.05 Å². The van der Waals surface area contributed by atoms with Crippen molar-refractivity contribution in [3.63, 3.8) is 0 Å². The lowest BCUT2D eigenvalue weighted by atomic mass is 10.1. The van der Waals surface area contributed by atoms with Crippen LogP contribution in [0.5, 0.6) is 0 Å². The Labute approximate surface area is 124 Å². The Bertz CT molecular complexity index is 732. The van der Waals surface area contributed by atoms with Gasteiger partial charge in [-0.2, -0.15) is 0 Å². The summed E-state index contributed by atoms with van der Waals surface area (Å²) >= 11 is 0. The highest BCUT2D eigenvalue weighted by Gasteiger charge is 2.13. The number of hydrogen-bond acceptors (Lipinski definition) is 2. The van der Waals surface area contributed by atoms with Crippen LogP contribution in [0.1, 0.15) is 27.0 Å². The molecule has 0 aliphatic carbocycles. The Hall–Kier alpha value is -2.36. The van der Waals surface area contributed by atoms with E-state index in [0.717, 1.165) is 5.56 Å². The second-order valence-electron chi connectivity index (χ2n) is 5.46. The lowest BCUT2D eigenvalue weighted by molar-refractivity contribution is 0.0784. The Kier molecular flexibility index (Phi) is 4.26. The van der Waals surface area contributed by atoms with E-state index in [2.05, 4.69) is 6.07 Å². The minimum Gasteiger partial charge on any atom is -0.337 e. The van der Waals surface area contributed by atoms with Gasteiger partial charge in [0.1, 0.15) is 0 Å². The van der Waals surface area contributed by atoms with Crippen molar-refractivity contribution in [3.8, 4) is 0 Å². The van der Waals surface area contributed by atoms with Crippen molar-refractivity contribution in [1.82, 2.24) is 9.47 Å². The number of pyridine rings is 1. The summed E-state index contributed by atoms with van der Waals surface area (Å²) in [7, 11) is 3.41. The first-order valence-corrected chi connectivity index (χ1v) is 6.87. The van der Waals surface area contributed by atoms with Crippen LogP contribution < -0.4 is 5.56 Å². The summed E-state index contributed by atoms with van der Waals surface area (Å²) in [6.07, 6.45) is 1.61. The van der Waals surface area contributed by atoms with Crippen LogP contribution in [0.2, 0.25) is 0 Å². The molecule has 1 aromatic heterocycles. The van der Waals surface area contributed by atoms with E-state index in [9.17, 15) is 9.59 Å². The molecule has 0 bridgehead atoms. The fourth-order valence-corrected chi connectivity index (χ4v) is 2.25. The molecule has 1 amide bonds. The summed E-state index contributed by atoms with van der Waals surface area (Å²) in [6, 6.07) is 9.23. The molecule has 0 spiro atoms. The zero-order valence-electron chi connectivity index (χ0n) is 12.9. The van der Waals surface area contributed by atoms with Crippen LogP contribution in [0.15, 0.2) is 41.3 Å². The molecule has 0 N–H and O–H groups in total. The van der Waals surface area contributed by atoms with Gasteiger partial charge in [-0.1, -0.05) is 23.8 Å².